The van der Waals surface area contributed by atoms with Crippen molar-refractivity contribution in [2.45, 2.75) is 19.9 Å². The average molecular weight is 156 g/mol. The quantitative estimate of drug-likeness (QED) is 0.650. The Morgan fingerprint density at radius 1 is 1.27 bits per heavy atom. The molecule has 11 heavy (non-hydrogen) atoms. The molecule has 1 atom stereocenters. The first-order chi connectivity index (χ1) is 5.13. The first kappa shape index (κ1) is 9.01. The molecular formula is C9H20N2. The Labute approximate surface area is 70.0 Å². The highest BCUT2D eigenvalue weighted by Crippen LogP contribution is 2.20. The van der Waals surface area contributed by atoms with Crippen LogP contribution in [-0.4, -0.2) is 38.1 Å². The first-order valence-electron chi connectivity index (χ1n) is 4.50. The van der Waals surface area contributed by atoms with E-state index >= 15 is 0 Å². The lowest BCUT2D eigenvalue weighted by Gasteiger charge is -2.40. The molecule has 1 saturated heterocycles. The molecule has 0 aliphatic carbocycles. The Morgan fingerprint density at radius 2 is 1.82 bits per heavy atom. The van der Waals surface area contributed by atoms with E-state index in [0.717, 1.165) is 17.9 Å². The van der Waals surface area contributed by atoms with Gasteiger partial charge in [0.15, 0.2) is 0 Å². The molecule has 1 aliphatic heterocycles. The average Bonchev–Trinajstić information content (AvgIpc) is 1.75. The van der Waals surface area contributed by atoms with Crippen LogP contribution in [0, 0.1) is 11.8 Å². The predicted molar refractivity (Wildman–Crippen MR) is 48.7 cm³/mol. The largest absolute Gasteiger partial charge is 0.316 e. The van der Waals surface area contributed by atoms with Crippen LogP contribution in [0.3, 0.4) is 0 Å². The summed E-state index contributed by atoms with van der Waals surface area (Å²) in [6.45, 7) is 7.04. The fraction of sp³-hybridized carbons (Fsp3) is 1.00. The normalized spacial score (nSPS) is 22.4. The van der Waals surface area contributed by atoms with Crippen LogP contribution in [0.1, 0.15) is 13.8 Å². The lowest BCUT2D eigenvalue weighted by Crippen LogP contribution is -2.54. The van der Waals surface area contributed by atoms with Crippen LogP contribution < -0.4 is 5.32 Å². The minimum atomic E-state index is 0.760. The van der Waals surface area contributed by atoms with E-state index in [2.05, 4.69) is 38.2 Å². The molecule has 1 unspecified atom stereocenters. The van der Waals surface area contributed by atoms with Crippen LogP contribution >= 0.6 is 0 Å². The van der Waals surface area contributed by atoms with Crippen molar-refractivity contribution < 1.29 is 0 Å². The van der Waals surface area contributed by atoms with Crippen molar-refractivity contribution in [2.75, 3.05) is 27.2 Å². The summed E-state index contributed by atoms with van der Waals surface area (Å²) >= 11 is 0. The standard InChI is InChI=1S/C9H20N2/c1-7(2)9(11(3)4)8-5-10-6-8/h7-10H,5-6H2,1-4H3. The zero-order chi connectivity index (χ0) is 8.43. The number of nitrogens with one attached hydrogen (secondary N) is 1. The van der Waals surface area contributed by atoms with Crippen molar-refractivity contribution in [3.05, 3.63) is 0 Å². The molecule has 0 bridgehead atoms. The minimum absolute atomic E-state index is 0.760. The maximum Gasteiger partial charge on any atom is 0.0165 e. The van der Waals surface area contributed by atoms with Gasteiger partial charge in [0.25, 0.3) is 0 Å². The Balaban J connectivity index is 2.44. The van der Waals surface area contributed by atoms with Crippen LogP contribution in [0.5, 0.6) is 0 Å². The summed E-state index contributed by atoms with van der Waals surface area (Å²) in [5.74, 6) is 1.65. The maximum atomic E-state index is 3.32. The predicted octanol–water partition coefficient (Wildman–Crippen LogP) is 0.792. The first-order valence-corrected chi connectivity index (χ1v) is 4.50. The van der Waals surface area contributed by atoms with Gasteiger partial charge in [0.2, 0.25) is 0 Å². The van der Waals surface area contributed by atoms with E-state index < -0.39 is 0 Å². The summed E-state index contributed by atoms with van der Waals surface area (Å²) in [5.41, 5.74) is 0. The van der Waals surface area contributed by atoms with Crippen LogP contribution in [0.15, 0.2) is 0 Å². The summed E-state index contributed by atoms with van der Waals surface area (Å²) in [6, 6.07) is 0.760. The lowest BCUT2D eigenvalue weighted by molar-refractivity contribution is 0.119. The molecule has 0 aromatic carbocycles. The van der Waals surface area contributed by atoms with E-state index in [1.807, 2.05) is 0 Å². The Hall–Kier alpha value is -0.0800. The highest BCUT2D eigenvalue weighted by Gasteiger charge is 2.30. The maximum absolute atomic E-state index is 3.32. The van der Waals surface area contributed by atoms with E-state index in [1.54, 1.807) is 0 Å². The van der Waals surface area contributed by atoms with E-state index in [0.29, 0.717) is 0 Å². The van der Waals surface area contributed by atoms with Gasteiger partial charge >= 0.3 is 0 Å². The molecule has 1 heterocycles. The van der Waals surface area contributed by atoms with Gasteiger partial charge in [-0.15, -0.1) is 0 Å². The summed E-state index contributed by atoms with van der Waals surface area (Å²) in [5, 5.41) is 3.32. The third kappa shape index (κ3) is 1.94. The van der Waals surface area contributed by atoms with Gasteiger partial charge < -0.3 is 10.2 Å². The fourth-order valence-corrected chi connectivity index (χ4v) is 2.11. The van der Waals surface area contributed by atoms with Crippen molar-refractivity contribution in [3.8, 4) is 0 Å². The zero-order valence-corrected chi connectivity index (χ0v) is 8.09. The molecule has 0 amide bonds. The van der Waals surface area contributed by atoms with Crippen molar-refractivity contribution >= 4 is 0 Å². The van der Waals surface area contributed by atoms with Gasteiger partial charge in [0, 0.05) is 19.1 Å². The van der Waals surface area contributed by atoms with E-state index in [9.17, 15) is 0 Å². The number of rotatable bonds is 3. The third-order valence-corrected chi connectivity index (χ3v) is 2.58. The molecule has 2 heteroatoms. The molecule has 0 aromatic heterocycles. The monoisotopic (exact) mass is 156 g/mol. The molecule has 0 saturated carbocycles. The summed E-state index contributed by atoms with van der Waals surface area (Å²) in [7, 11) is 4.37. The van der Waals surface area contributed by atoms with Crippen molar-refractivity contribution in [2.24, 2.45) is 11.8 Å². The number of hydrogen-bond acceptors (Lipinski definition) is 2. The van der Waals surface area contributed by atoms with Gasteiger partial charge in [-0.3, -0.25) is 0 Å². The zero-order valence-electron chi connectivity index (χ0n) is 8.09. The Morgan fingerprint density at radius 3 is 1.91 bits per heavy atom. The van der Waals surface area contributed by atoms with Crippen LogP contribution in [0.25, 0.3) is 0 Å². The van der Waals surface area contributed by atoms with Crippen LogP contribution in [-0.2, 0) is 0 Å². The molecule has 1 N–H and O–H groups in total. The number of hydrogen-bond donors (Lipinski definition) is 1. The van der Waals surface area contributed by atoms with Crippen LogP contribution in [0.2, 0.25) is 0 Å². The van der Waals surface area contributed by atoms with Crippen molar-refractivity contribution in [3.63, 3.8) is 0 Å². The molecule has 0 radical (unpaired) electrons. The van der Waals surface area contributed by atoms with Gasteiger partial charge in [-0.25, -0.2) is 0 Å². The van der Waals surface area contributed by atoms with Gasteiger partial charge in [0.05, 0.1) is 0 Å². The molecule has 2 nitrogen and oxygen atoms in total. The topological polar surface area (TPSA) is 15.3 Å². The van der Waals surface area contributed by atoms with E-state index in [-0.39, 0.29) is 0 Å². The Kier molecular flexibility index (Phi) is 2.90. The fourth-order valence-electron chi connectivity index (χ4n) is 2.11. The molecular weight excluding hydrogens is 136 g/mol. The Bertz CT molecular complexity index is 109. The molecule has 1 rings (SSSR count). The van der Waals surface area contributed by atoms with Gasteiger partial charge in [-0.05, 0) is 25.9 Å². The second-order valence-corrected chi connectivity index (χ2v) is 4.12. The second-order valence-electron chi connectivity index (χ2n) is 4.12. The molecule has 1 aliphatic rings. The SMILES string of the molecule is CC(C)C(C1CNC1)N(C)C. The number of nitrogens with zero attached hydrogens (tertiary/aromatic N) is 1. The van der Waals surface area contributed by atoms with Crippen LogP contribution in [0.4, 0.5) is 0 Å². The molecule has 66 valence electrons. The third-order valence-electron chi connectivity index (χ3n) is 2.58. The second kappa shape index (κ2) is 3.55. The van der Waals surface area contributed by atoms with Crippen molar-refractivity contribution in [1.29, 1.82) is 0 Å². The summed E-state index contributed by atoms with van der Waals surface area (Å²) < 4.78 is 0. The molecule has 0 aromatic rings. The highest BCUT2D eigenvalue weighted by molar-refractivity contribution is 4.87. The van der Waals surface area contributed by atoms with E-state index in [4.69, 9.17) is 0 Å². The lowest BCUT2D eigenvalue weighted by atomic mass is 9.85. The highest BCUT2D eigenvalue weighted by atomic mass is 15.1. The smallest absolute Gasteiger partial charge is 0.0165 e. The molecule has 1 fully saturated rings. The van der Waals surface area contributed by atoms with Crippen molar-refractivity contribution in [1.82, 2.24) is 10.2 Å². The molecule has 0 spiro atoms. The van der Waals surface area contributed by atoms with Gasteiger partial charge in [-0.1, -0.05) is 13.8 Å². The van der Waals surface area contributed by atoms with Gasteiger partial charge in [-0.2, -0.15) is 0 Å². The van der Waals surface area contributed by atoms with E-state index in [1.165, 1.54) is 13.1 Å². The minimum Gasteiger partial charge on any atom is -0.316 e. The summed E-state index contributed by atoms with van der Waals surface area (Å²) in [4.78, 5) is 2.36. The van der Waals surface area contributed by atoms with Gasteiger partial charge in [0.1, 0.15) is 0 Å². The summed E-state index contributed by atoms with van der Waals surface area (Å²) in [6.07, 6.45) is 0.